The van der Waals surface area contributed by atoms with Crippen molar-refractivity contribution in [3.63, 3.8) is 0 Å². The maximum absolute atomic E-state index is 14.2. The van der Waals surface area contributed by atoms with E-state index in [1.54, 1.807) is 26.4 Å². The Hall–Kier alpha value is -5.83. The molecular weight excluding hydrogens is 612 g/mol. The molecule has 9 nitrogen and oxygen atoms in total. The van der Waals surface area contributed by atoms with E-state index in [1.807, 2.05) is 54.1 Å². The number of nitrogens with one attached hydrogen (secondary N) is 2. The third-order valence-corrected chi connectivity index (χ3v) is 8.48. The molecule has 2 N–H and O–H groups in total. The number of rotatable bonds is 11. The lowest BCUT2D eigenvalue weighted by Gasteiger charge is -2.31. The number of hydrogen-bond acceptors (Lipinski definition) is 7. The molecule has 0 saturated carbocycles. The number of ether oxygens (including phenoxy) is 2. The van der Waals surface area contributed by atoms with Gasteiger partial charge in [-0.05, 0) is 46.4 Å². The highest BCUT2D eigenvalue weighted by molar-refractivity contribution is 6.08. The van der Waals surface area contributed by atoms with Crippen molar-refractivity contribution in [1.29, 1.82) is 0 Å². The van der Waals surface area contributed by atoms with Crippen LogP contribution in [0.5, 0.6) is 17.4 Å². The molecule has 0 aliphatic carbocycles. The quantitative estimate of drug-likeness (QED) is 0.145. The van der Waals surface area contributed by atoms with E-state index in [1.165, 1.54) is 11.1 Å². The Morgan fingerprint density at radius 3 is 2.16 bits per heavy atom. The van der Waals surface area contributed by atoms with Crippen LogP contribution in [0.15, 0.2) is 109 Å². The van der Waals surface area contributed by atoms with Crippen molar-refractivity contribution < 1.29 is 14.3 Å². The molecule has 4 aromatic carbocycles. The minimum atomic E-state index is -0.267. The van der Waals surface area contributed by atoms with Gasteiger partial charge >= 0.3 is 0 Å². The molecule has 0 unspecified atom stereocenters. The highest BCUT2D eigenvalue weighted by Crippen LogP contribution is 2.42. The normalized spacial score (nSPS) is 11.3. The summed E-state index contributed by atoms with van der Waals surface area (Å²) in [5.41, 5.74) is 5.95. The van der Waals surface area contributed by atoms with E-state index in [2.05, 4.69) is 101 Å². The Morgan fingerprint density at radius 1 is 0.878 bits per heavy atom. The molecule has 49 heavy (non-hydrogen) atoms. The van der Waals surface area contributed by atoms with Crippen LogP contribution < -0.4 is 25.0 Å². The second-order valence-electron chi connectivity index (χ2n) is 13.0. The van der Waals surface area contributed by atoms with Gasteiger partial charge in [0, 0.05) is 44.8 Å². The highest BCUT2D eigenvalue weighted by atomic mass is 16.5. The molecule has 0 saturated heterocycles. The fourth-order valence-corrected chi connectivity index (χ4v) is 5.92. The van der Waals surface area contributed by atoms with E-state index in [-0.39, 0.29) is 11.3 Å². The van der Waals surface area contributed by atoms with Gasteiger partial charge in [-0.1, -0.05) is 93.6 Å². The van der Waals surface area contributed by atoms with Crippen LogP contribution in [0.25, 0.3) is 10.9 Å². The third-order valence-electron chi connectivity index (χ3n) is 8.48. The van der Waals surface area contributed by atoms with Gasteiger partial charge in [0.25, 0.3) is 5.91 Å². The number of aromatic nitrogens is 3. The summed E-state index contributed by atoms with van der Waals surface area (Å²) in [4.78, 5) is 25.0. The van der Waals surface area contributed by atoms with E-state index < -0.39 is 0 Å². The molecule has 6 aromatic rings. The van der Waals surface area contributed by atoms with Gasteiger partial charge in [-0.3, -0.25) is 4.79 Å². The van der Waals surface area contributed by atoms with Crippen LogP contribution in [0.4, 0.5) is 17.3 Å². The zero-order valence-electron chi connectivity index (χ0n) is 28.8. The second kappa shape index (κ2) is 14.1. The first-order valence-corrected chi connectivity index (χ1v) is 16.3. The zero-order chi connectivity index (χ0) is 34.5. The van der Waals surface area contributed by atoms with Crippen LogP contribution in [-0.4, -0.2) is 34.6 Å². The van der Waals surface area contributed by atoms with Gasteiger partial charge in [-0.25, -0.2) is 4.98 Å². The molecule has 6 rings (SSSR count). The summed E-state index contributed by atoms with van der Waals surface area (Å²) in [6.45, 7) is 7.82. The minimum Gasteiger partial charge on any atom is -0.492 e. The summed E-state index contributed by atoms with van der Waals surface area (Å²) in [5, 5.41) is 7.01. The number of para-hydroxylation sites is 1. The molecule has 0 spiro atoms. The standard InChI is InChI=1S/C40H42N6O3/c1-40(2,3)30-23-31(37(48-6)32(24-30)46(25-27-14-9-7-10-15-27)26-28-16-11-8-12-17-28)43-38(47)33-22-29-18-13-19-34(36(29)45(33)5)49-35-20-21-42-39(41-4)44-35/h7-24H,25-26H2,1-6H3,(H,43,47)(H,41,42,44). The van der Waals surface area contributed by atoms with Gasteiger partial charge in [-0.2, -0.15) is 4.98 Å². The Balaban J connectivity index is 1.40. The number of carbonyl (C=O) groups is 1. The van der Waals surface area contributed by atoms with Crippen molar-refractivity contribution in [3.05, 3.63) is 132 Å². The maximum atomic E-state index is 14.2. The van der Waals surface area contributed by atoms with Gasteiger partial charge < -0.3 is 29.6 Å². The van der Waals surface area contributed by atoms with Crippen LogP contribution in [-0.2, 0) is 25.6 Å². The van der Waals surface area contributed by atoms with Gasteiger partial charge in [-0.15, -0.1) is 0 Å². The summed E-state index contributed by atoms with van der Waals surface area (Å²) in [6, 6.07) is 34.3. The molecule has 250 valence electrons. The van der Waals surface area contributed by atoms with E-state index >= 15 is 0 Å². The van der Waals surface area contributed by atoms with E-state index in [0.29, 0.717) is 47.8 Å². The molecule has 2 aromatic heterocycles. The lowest BCUT2D eigenvalue weighted by atomic mass is 9.86. The Bertz CT molecular complexity index is 2030. The van der Waals surface area contributed by atoms with E-state index in [4.69, 9.17) is 9.47 Å². The van der Waals surface area contributed by atoms with Gasteiger partial charge in [0.05, 0.1) is 24.0 Å². The summed E-state index contributed by atoms with van der Waals surface area (Å²) in [5.74, 6) is 1.75. The van der Waals surface area contributed by atoms with Crippen molar-refractivity contribution in [2.45, 2.75) is 39.3 Å². The number of nitrogens with zero attached hydrogens (tertiary/aromatic N) is 4. The number of amides is 1. The smallest absolute Gasteiger partial charge is 0.272 e. The van der Waals surface area contributed by atoms with Crippen LogP contribution in [0.2, 0.25) is 0 Å². The first-order chi connectivity index (χ1) is 23.6. The number of methoxy groups -OCH3 is 1. The van der Waals surface area contributed by atoms with Crippen molar-refractivity contribution >= 4 is 34.1 Å². The number of aryl methyl sites for hydroxylation is 1. The molecular formula is C40H42N6O3. The predicted octanol–water partition coefficient (Wildman–Crippen LogP) is 8.57. The molecule has 0 fully saturated rings. The lowest BCUT2D eigenvalue weighted by molar-refractivity contribution is 0.101. The van der Waals surface area contributed by atoms with Crippen molar-refractivity contribution in [2.75, 3.05) is 29.7 Å². The minimum absolute atomic E-state index is 0.203. The van der Waals surface area contributed by atoms with Crippen LogP contribution in [0, 0.1) is 0 Å². The van der Waals surface area contributed by atoms with Crippen LogP contribution in [0.3, 0.4) is 0 Å². The predicted molar refractivity (Wildman–Crippen MR) is 197 cm³/mol. The molecule has 1 amide bonds. The van der Waals surface area contributed by atoms with Crippen molar-refractivity contribution in [3.8, 4) is 17.4 Å². The molecule has 0 aliphatic rings. The molecule has 0 atom stereocenters. The molecule has 0 bridgehead atoms. The van der Waals surface area contributed by atoms with Crippen LogP contribution >= 0.6 is 0 Å². The van der Waals surface area contributed by atoms with E-state index in [9.17, 15) is 4.79 Å². The molecule has 0 radical (unpaired) electrons. The molecule has 2 heterocycles. The summed E-state index contributed by atoms with van der Waals surface area (Å²) in [6.07, 6.45) is 1.63. The first kappa shape index (κ1) is 33.1. The fraction of sp³-hybridized carbons (Fsp3) is 0.225. The Kier molecular flexibility index (Phi) is 9.53. The largest absolute Gasteiger partial charge is 0.492 e. The number of fused-ring (bicyclic) bond motifs is 1. The SMILES string of the molecule is CNc1nccc(Oc2cccc3cc(C(=O)Nc4cc(C(C)(C)C)cc(N(Cc5ccccc5)Cc5ccccc5)c4OC)n(C)c23)n1. The zero-order valence-corrected chi connectivity index (χ0v) is 28.8. The monoisotopic (exact) mass is 654 g/mol. The lowest BCUT2D eigenvalue weighted by Crippen LogP contribution is -2.25. The van der Waals surface area contributed by atoms with Gasteiger partial charge in [0.2, 0.25) is 11.8 Å². The molecule has 0 aliphatic heterocycles. The van der Waals surface area contributed by atoms with Gasteiger partial charge in [0.15, 0.2) is 11.5 Å². The number of benzene rings is 4. The Morgan fingerprint density at radius 2 is 1.55 bits per heavy atom. The topological polar surface area (TPSA) is 93.5 Å². The number of carbonyl (C=O) groups excluding carboxylic acids is 1. The average molecular weight is 655 g/mol. The Labute approximate surface area is 287 Å². The van der Waals surface area contributed by atoms with Crippen LogP contribution in [0.1, 0.15) is 48.0 Å². The van der Waals surface area contributed by atoms with E-state index in [0.717, 1.165) is 22.2 Å². The van der Waals surface area contributed by atoms with Crippen molar-refractivity contribution in [2.24, 2.45) is 7.05 Å². The maximum Gasteiger partial charge on any atom is 0.272 e. The number of hydrogen-bond donors (Lipinski definition) is 2. The highest BCUT2D eigenvalue weighted by Gasteiger charge is 2.25. The first-order valence-electron chi connectivity index (χ1n) is 16.3. The summed E-state index contributed by atoms with van der Waals surface area (Å²) < 4.78 is 14.2. The second-order valence-corrected chi connectivity index (χ2v) is 13.0. The third kappa shape index (κ3) is 7.36. The number of anilines is 3. The van der Waals surface area contributed by atoms with Crippen molar-refractivity contribution in [1.82, 2.24) is 14.5 Å². The summed E-state index contributed by atoms with van der Waals surface area (Å²) >= 11 is 0. The average Bonchev–Trinajstić information content (AvgIpc) is 3.45. The van der Waals surface area contributed by atoms with Gasteiger partial charge in [0.1, 0.15) is 5.69 Å². The summed E-state index contributed by atoms with van der Waals surface area (Å²) in [7, 11) is 5.27. The fourth-order valence-electron chi connectivity index (χ4n) is 5.92. The molecule has 9 heteroatoms.